The fourth-order valence-corrected chi connectivity index (χ4v) is 3.29. The monoisotopic (exact) mass is 313 g/mol. The number of thioether (sulfide) groups is 1. The zero-order chi connectivity index (χ0) is 14.7. The molecule has 21 heavy (non-hydrogen) atoms. The maximum absolute atomic E-state index is 8.95. The van der Waals surface area contributed by atoms with Crippen LogP contribution >= 0.6 is 23.4 Å². The van der Waals surface area contributed by atoms with Gasteiger partial charge in [0.15, 0.2) is 5.17 Å². The quantitative estimate of drug-likeness (QED) is 0.890. The van der Waals surface area contributed by atoms with Crippen molar-refractivity contribution in [2.45, 2.75) is 5.25 Å². The number of anilines is 1. The molecule has 0 aromatic heterocycles. The Morgan fingerprint density at radius 3 is 2.81 bits per heavy atom. The van der Waals surface area contributed by atoms with Crippen LogP contribution in [0.4, 0.5) is 5.69 Å². The van der Waals surface area contributed by atoms with Crippen LogP contribution in [0.1, 0.15) is 16.4 Å². The van der Waals surface area contributed by atoms with Crippen LogP contribution in [0.3, 0.4) is 0 Å². The molecule has 104 valence electrons. The van der Waals surface area contributed by atoms with Gasteiger partial charge in [-0.05, 0) is 23.8 Å². The molecule has 0 bridgehead atoms. The largest absolute Gasteiger partial charge is 0.334 e. The highest BCUT2D eigenvalue weighted by atomic mass is 35.5. The first-order valence-electron chi connectivity index (χ1n) is 6.49. The average Bonchev–Trinajstić information content (AvgIpc) is 2.99. The lowest BCUT2D eigenvalue weighted by Gasteiger charge is -2.10. The zero-order valence-electron chi connectivity index (χ0n) is 11.1. The second kappa shape index (κ2) is 6.21. The Kier molecular flexibility index (Phi) is 4.14. The van der Waals surface area contributed by atoms with E-state index in [1.807, 2.05) is 18.2 Å². The van der Waals surface area contributed by atoms with Crippen LogP contribution in [-0.4, -0.2) is 11.7 Å². The fraction of sp³-hybridized carbons (Fsp3) is 0.125. The molecule has 3 rings (SSSR count). The lowest BCUT2D eigenvalue weighted by Crippen LogP contribution is -2.06. The topological polar surface area (TPSA) is 48.2 Å². The summed E-state index contributed by atoms with van der Waals surface area (Å²) in [6.07, 6.45) is 0. The van der Waals surface area contributed by atoms with Gasteiger partial charge in [0, 0.05) is 0 Å². The molecule has 0 amide bonds. The molecule has 0 radical (unpaired) electrons. The third kappa shape index (κ3) is 3.21. The third-order valence-electron chi connectivity index (χ3n) is 3.16. The smallest absolute Gasteiger partial charge is 0.161 e. The summed E-state index contributed by atoms with van der Waals surface area (Å²) in [6, 6.07) is 17.6. The highest BCUT2D eigenvalue weighted by molar-refractivity contribution is 8.14. The number of rotatable bonds is 2. The molecule has 0 spiro atoms. The molecule has 0 fully saturated rings. The van der Waals surface area contributed by atoms with Crippen molar-refractivity contribution in [1.82, 2.24) is 0 Å². The van der Waals surface area contributed by atoms with Crippen LogP contribution in [0.25, 0.3) is 0 Å². The first-order valence-corrected chi connectivity index (χ1v) is 7.75. The van der Waals surface area contributed by atoms with E-state index in [4.69, 9.17) is 16.9 Å². The van der Waals surface area contributed by atoms with Gasteiger partial charge in [0.2, 0.25) is 0 Å². The second-order valence-electron chi connectivity index (χ2n) is 4.59. The van der Waals surface area contributed by atoms with Crippen LogP contribution < -0.4 is 5.32 Å². The Morgan fingerprint density at radius 1 is 1.24 bits per heavy atom. The minimum Gasteiger partial charge on any atom is -0.334 e. The predicted octanol–water partition coefficient (Wildman–Crippen LogP) is 4.47. The van der Waals surface area contributed by atoms with Crippen LogP contribution in [0.5, 0.6) is 0 Å². The molecular weight excluding hydrogens is 302 g/mol. The first-order chi connectivity index (χ1) is 10.3. The molecule has 1 atom stereocenters. The van der Waals surface area contributed by atoms with Crippen molar-refractivity contribution in [3.8, 4) is 6.07 Å². The summed E-state index contributed by atoms with van der Waals surface area (Å²) in [5, 5.41) is 13.9. The van der Waals surface area contributed by atoms with Gasteiger partial charge in [0.25, 0.3) is 0 Å². The summed E-state index contributed by atoms with van der Waals surface area (Å²) in [6.45, 7) is 0.743. The Hall–Kier alpha value is -1.96. The van der Waals surface area contributed by atoms with Crippen LogP contribution in [-0.2, 0) is 0 Å². The van der Waals surface area contributed by atoms with E-state index in [0.29, 0.717) is 15.8 Å². The molecule has 1 heterocycles. The predicted molar refractivity (Wildman–Crippen MR) is 88.9 cm³/mol. The number of benzene rings is 2. The van der Waals surface area contributed by atoms with Crippen LogP contribution in [0, 0.1) is 11.3 Å². The van der Waals surface area contributed by atoms with Crippen molar-refractivity contribution in [2.24, 2.45) is 4.99 Å². The van der Waals surface area contributed by atoms with E-state index in [-0.39, 0.29) is 0 Å². The molecule has 3 nitrogen and oxygen atoms in total. The second-order valence-corrected chi connectivity index (χ2v) is 6.19. The fourth-order valence-electron chi connectivity index (χ4n) is 2.09. The first kappa shape index (κ1) is 14.0. The Labute approximate surface area is 132 Å². The van der Waals surface area contributed by atoms with Gasteiger partial charge in [-0.15, -0.1) is 0 Å². The summed E-state index contributed by atoms with van der Waals surface area (Å²) >= 11 is 7.83. The minimum absolute atomic E-state index is 0.326. The molecular formula is C16H12ClN3S. The summed E-state index contributed by atoms with van der Waals surface area (Å²) in [5.74, 6) is 0. The molecule has 1 unspecified atom stereocenters. The number of aliphatic imine (C=N–C) groups is 1. The van der Waals surface area contributed by atoms with E-state index in [0.717, 1.165) is 17.4 Å². The number of hydrogen-bond donors (Lipinski definition) is 1. The third-order valence-corrected chi connectivity index (χ3v) is 4.65. The minimum atomic E-state index is 0.326. The van der Waals surface area contributed by atoms with E-state index < -0.39 is 0 Å². The van der Waals surface area contributed by atoms with Crippen molar-refractivity contribution >= 4 is 34.2 Å². The zero-order valence-corrected chi connectivity index (χ0v) is 12.7. The molecule has 0 saturated heterocycles. The highest BCUT2D eigenvalue weighted by Crippen LogP contribution is 2.36. The van der Waals surface area contributed by atoms with E-state index >= 15 is 0 Å². The van der Waals surface area contributed by atoms with Crippen molar-refractivity contribution in [1.29, 1.82) is 5.26 Å². The number of nitriles is 1. The number of amidine groups is 1. The van der Waals surface area contributed by atoms with E-state index in [1.54, 1.807) is 30.0 Å². The average molecular weight is 314 g/mol. The van der Waals surface area contributed by atoms with Crippen molar-refractivity contribution in [3.05, 3.63) is 64.7 Å². The van der Waals surface area contributed by atoms with E-state index in [9.17, 15) is 0 Å². The molecule has 2 aromatic rings. The number of nitrogens with one attached hydrogen (secondary N) is 1. The molecule has 1 aliphatic heterocycles. The van der Waals surface area contributed by atoms with Gasteiger partial charge in [-0.2, -0.15) is 5.26 Å². The molecule has 0 aliphatic carbocycles. The summed E-state index contributed by atoms with van der Waals surface area (Å²) < 4.78 is 0. The number of halogens is 1. The lowest BCUT2D eigenvalue weighted by atomic mass is 10.1. The van der Waals surface area contributed by atoms with Gasteiger partial charge in [0.1, 0.15) is 0 Å². The molecule has 1 N–H and O–H groups in total. The molecule has 2 aromatic carbocycles. The SMILES string of the molecule is N#Cc1ccc(Cl)c(NC2=NCC(c3ccccc3)S2)c1. The Morgan fingerprint density at radius 2 is 2.05 bits per heavy atom. The van der Waals surface area contributed by atoms with Crippen LogP contribution in [0.2, 0.25) is 5.02 Å². The van der Waals surface area contributed by atoms with Gasteiger partial charge in [-0.3, -0.25) is 4.99 Å². The maximum atomic E-state index is 8.95. The molecule has 5 heteroatoms. The van der Waals surface area contributed by atoms with E-state index in [1.165, 1.54) is 5.56 Å². The van der Waals surface area contributed by atoms with Gasteiger partial charge in [-0.1, -0.05) is 53.7 Å². The van der Waals surface area contributed by atoms with E-state index in [2.05, 4.69) is 28.5 Å². The van der Waals surface area contributed by atoms with Gasteiger partial charge in [0.05, 0.1) is 34.1 Å². The number of nitrogens with zero attached hydrogens (tertiary/aromatic N) is 2. The summed E-state index contributed by atoms with van der Waals surface area (Å²) in [7, 11) is 0. The van der Waals surface area contributed by atoms with Gasteiger partial charge >= 0.3 is 0 Å². The van der Waals surface area contributed by atoms with Crippen molar-refractivity contribution in [3.63, 3.8) is 0 Å². The maximum Gasteiger partial charge on any atom is 0.161 e. The van der Waals surface area contributed by atoms with Crippen LogP contribution in [0.15, 0.2) is 53.5 Å². The summed E-state index contributed by atoms with van der Waals surface area (Å²) in [4.78, 5) is 4.51. The number of hydrogen-bond acceptors (Lipinski definition) is 4. The van der Waals surface area contributed by atoms with Crippen molar-refractivity contribution < 1.29 is 0 Å². The summed E-state index contributed by atoms with van der Waals surface area (Å²) in [5.41, 5.74) is 2.56. The molecule has 0 saturated carbocycles. The normalized spacial score (nSPS) is 17.1. The Balaban J connectivity index is 1.72. The highest BCUT2D eigenvalue weighted by Gasteiger charge is 2.21. The van der Waals surface area contributed by atoms with Crippen molar-refractivity contribution in [2.75, 3.05) is 11.9 Å². The standard InChI is InChI=1S/C16H12ClN3S/c17-13-7-6-11(9-18)8-14(13)20-16-19-10-15(21-16)12-4-2-1-3-5-12/h1-8,15H,10H2,(H,19,20). The Bertz CT molecular complexity index is 722. The lowest BCUT2D eigenvalue weighted by molar-refractivity contribution is 0.966. The van der Waals surface area contributed by atoms with Gasteiger partial charge < -0.3 is 5.32 Å². The van der Waals surface area contributed by atoms with Gasteiger partial charge in [-0.25, -0.2) is 0 Å². The molecule has 1 aliphatic rings.